The molecule has 0 saturated carbocycles. The molecule has 1 aromatic heterocycles. The first-order valence-corrected chi connectivity index (χ1v) is 11.6. The third-order valence-corrected chi connectivity index (χ3v) is 6.91. The van der Waals surface area contributed by atoms with E-state index in [-0.39, 0.29) is 11.5 Å². The Morgan fingerprint density at radius 3 is 2.69 bits per heavy atom. The van der Waals surface area contributed by atoms with Crippen LogP contribution < -0.4 is 4.72 Å². The standard InChI is InChI=1S/C21H19FN2O3S2/c22-19-5-2-1-4-16(19)14-29(26,27)23-18-8-7-15-9-10-24(13-17(15)12-18)21(25)20-6-3-11-28-20/h1-8,11-12,23H,9-10,13-14H2. The maximum atomic E-state index is 13.8. The Bertz CT molecular complexity index is 1140. The quantitative estimate of drug-likeness (QED) is 0.665. The van der Waals surface area contributed by atoms with Gasteiger partial charge in [0, 0.05) is 24.3 Å². The van der Waals surface area contributed by atoms with Crippen LogP contribution in [0.5, 0.6) is 0 Å². The van der Waals surface area contributed by atoms with Gasteiger partial charge in [0.25, 0.3) is 5.91 Å². The van der Waals surface area contributed by atoms with E-state index in [4.69, 9.17) is 0 Å². The molecule has 0 aliphatic carbocycles. The molecule has 29 heavy (non-hydrogen) atoms. The predicted octanol–water partition coefficient (Wildman–Crippen LogP) is 4.03. The van der Waals surface area contributed by atoms with Crippen LogP contribution in [-0.4, -0.2) is 25.8 Å². The number of hydrogen-bond acceptors (Lipinski definition) is 4. The molecule has 4 rings (SSSR count). The zero-order chi connectivity index (χ0) is 20.4. The van der Waals surface area contributed by atoms with E-state index >= 15 is 0 Å². The van der Waals surface area contributed by atoms with Gasteiger partial charge in [0.2, 0.25) is 10.0 Å². The normalized spacial score (nSPS) is 13.8. The van der Waals surface area contributed by atoms with Gasteiger partial charge < -0.3 is 4.90 Å². The van der Waals surface area contributed by atoms with Crippen molar-refractivity contribution in [2.24, 2.45) is 0 Å². The minimum absolute atomic E-state index is 0.0174. The van der Waals surface area contributed by atoms with Gasteiger partial charge in [-0.2, -0.15) is 0 Å². The fraction of sp³-hybridized carbons (Fsp3) is 0.190. The predicted molar refractivity (Wildman–Crippen MR) is 112 cm³/mol. The van der Waals surface area contributed by atoms with E-state index in [1.165, 1.54) is 29.5 Å². The first-order chi connectivity index (χ1) is 13.9. The molecule has 0 saturated heterocycles. The van der Waals surface area contributed by atoms with Crippen LogP contribution in [0.4, 0.5) is 10.1 Å². The molecule has 0 unspecified atom stereocenters. The van der Waals surface area contributed by atoms with Gasteiger partial charge in [-0.25, -0.2) is 12.8 Å². The molecule has 2 heterocycles. The van der Waals surface area contributed by atoms with Crippen molar-refractivity contribution in [3.8, 4) is 0 Å². The smallest absolute Gasteiger partial charge is 0.264 e. The van der Waals surface area contributed by atoms with Crippen LogP contribution >= 0.6 is 11.3 Å². The Labute approximate surface area is 172 Å². The number of rotatable bonds is 5. The van der Waals surface area contributed by atoms with E-state index in [0.717, 1.165) is 11.1 Å². The third kappa shape index (κ3) is 4.49. The lowest BCUT2D eigenvalue weighted by atomic mass is 9.99. The third-order valence-electron chi connectivity index (χ3n) is 4.81. The second-order valence-corrected chi connectivity index (χ2v) is 9.56. The molecule has 3 aromatic rings. The van der Waals surface area contributed by atoms with Crippen LogP contribution in [-0.2, 0) is 28.7 Å². The molecule has 0 fully saturated rings. The maximum absolute atomic E-state index is 13.8. The van der Waals surface area contributed by atoms with Crippen molar-refractivity contribution in [3.05, 3.63) is 87.4 Å². The first-order valence-electron chi connectivity index (χ1n) is 9.10. The van der Waals surface area contributed by atoms with Crippen LogP contribution in [0.3, 0.4) is 0 Å². The summed E-state index contributed by atoms with van der Waals surface area (Å²) in [5.41, 5.74) is 2.53. The molecule has 5 nitrogen and oxygen atoms in total. The van der Waals surface area contributed by atoms with Gasteiger partial charge in [0.15, 0.2) is 0 Å². The molecule has 1 N–H and O–H groups in total. The van der Waals surface area contributed by atoms with E-state index in [0.29, 0.717) is 30.1 Å². The highest BCUT2D eigenvalue weighted by molar-refractivity contribution is 7.91. The fourth-order valence-electron chi connectivity index (χ4n) is 3.39. The van der Waals surface area contributed by atoms with Gasteiger partial charge in [-0.1, -0.05) is 30.3 Å². The lowest BCUT2D eigenvalue weighted by Gasteiger charge is -2.29. The molecule has 8 heteroatoms. The number of anilines is 1. The average Bonchev–Trinajstić information content (AvgIpc) is 3.23. The minimum atomic E-state index is -3.77. The summed E-state index contributed by atoms with van der Waals surface area (Å²) in [5.74, 6) is -1.01. The molecular formula is C21H19FN2O3S2. The molecule has 0 radical (unpaired) electrons. The van der Waals surface area contributed by atoms with Crippen LogP contribution in [0.2, 0.25) is 0 Å². The van der Waals surface area contributed by atoms with Crippen LogP contribution in [0.15, 0.2) is 60.0 Å². The molecule has 0 spiro atoms. The second kappa shape index (κ2) is 7.96. The Hall–Kier alpha value is -2.71. The van der Waals surface area contributed by atoms with Crippen molar-refractivity contribution in [1.29, 1.82) is 0 Å². The molecule has 0 atom stereocenters. The first kappa shape index (κ1) is 19.6. The molecule has 1 amide bonds. The summed E-state index contributed by atoms with van der Waals surface area (Å²) in [6, 6.07) is 14.8. The monoisotopic (exact) mass is 430 g/mol. The number of fused-ring (bicyclic) bond motifs is 1. The number of benzene rings is 2. The number of carbonyl (C=O) groups is 1. The van der Waals surface area contributed by atoms with Gasteiger partial charge in [0.1, 0.15) is 5.82 Å². The maximum Gasteiger partial charge on any atom is 0.264 e. The van der Waals surface area contributed by atoms with E-state index in [1.54, 1.807) is 29.2 Å². The number of thiophene rings is 1. The van der Waals surface area contributed by atoms with Gasteiger partial charge in [-0.15, -0.1) is 11.3 Å². The van der Waals surface area contributed by atoms with Crippen molar-refractivity contribution >= 4 is 33.0 Å². The summed E-state index contributed by atoms with van der Waals surface area (Å²) in [6.07, 6.45) is 0.717. The zero-order valence-electron chi connectivity index (χ0n) is 15.5. The van der Waals surface area contributed by atoms with Gasteiger partial charge in [0.05, 0.1) is 10.6 Å². The SMILES string of the molecule is O=C(c1cccs1)N1CCc2ccc(NS(=O)(=O)Cc3ccccc3F)cc2C1. The highest BCUT2D eigenvalue weighted by Gasteiger charge is 2.23. The highest BCUT2D eigenvalue weighted by Crippen LogP contribution is 2.25. The Morgan fingerprint density at radius 1 is 1.10 bits per heavy atom. The van der Waals surface area contributed by atoms with Crippen LogP contribution in [0, 0.1) is 5.82 Å². The Balaban J connectivity index is 1.50. The highest BCUT2D eigenvalue weighted by atomic mass is 32.2. The fourth-order valence-corrected chi connectivity index (χ4v) is 5.28. The van der Waals surface area contributed by atoms with Gasteiger partial charge in [-0.3, -0.25) is 9.52 Å². The Kier molecular flexibility index (Phi) is 5.38. The van der Waals surface area contributed by atoms with Gasteiger partial charge in [-0.05, 0) is 47.2 Å². The van der Waals surface area contributed by atoms with Gasteiger partial charge >= 0.3 is 0 Å². The lowest BCUT2D eigenvalue weighted by molar-refractivity contribution is 0.0739. The van der Waals surface area contributed by atoms with E-state index in [2.05, 4.69) is 4.72 Å². The van der Waals surface area contributed by atoms with Crippen LogP contribution in [0.1, 0.15) is 26.4 Å². The summed E-state index contributed by atoms with van der Waals surface area (Å²) < 4.78 is 41.3. The molecule has 2 aromatic carbocycles. The number of hydrogen-bond donors (Lipinski definition) is 1. The number of carbonyl (C=O) groups excluding carboxylic acids is 1. The van der Waals surface area contributed by atoms with E-state index in [9.17, 15) is 17.6 Å². The average molecular weight is 431 g/mol. The topological polar surface area (TPSA) is 66.5 Å². The number of amides is 1. The summed E-state index contributed by atoms with van der Waals surface area (Å²) in [4.78, 5) is 15.1. The number of sulfonamides is 1. The van der Waals surface area contributed by atoms with Crippen molar-refractivity contribution < 1.29 is 17.6 Å². The summed E-state index contributed by atoms with van der Waals surface area (Å²) >= 11 is 1.41. The van der Waals surface area contributed by atoms with E-state index < -0.39 is 21.6 Å². The van der Waals surface area contributed by atoms with Crippen molar-refractivity contribution in [2.45, 2.75) is 18.7 Å². The number of nitrogens with one attached hydrogen (secondary N) is 1. The second-order valence-electron chi connectivity index (χ2n) is 6.89. The van der Waals surface area contributed by atoms with Crippen molar-refractivity contribution in [2.75, 3.05) is 11.3 Å². The molecular weight excluding hydrogens is 411 g/mol. The van der Waals surface area contributed by atoms with Crippen molar-refractivity contribution in [1.82, 2.24) is 4.90 Å². The number of halogens is 1. The summed E-state index contributed by atoms with van der Waals surface area (Å²) in [5, 5.41) is 1.87. The van der Waals surface area contributed by atoms with Crippen LogP contribution in [0.25, 0.3) is 0 Å². The Morgan fingerprint density at radius 2 is 1.93 bits per heavy atom. The largest absolute Gasteiger partial charge is 0.333 e. The zero-order valence-corrected chi connectivity index (χ0v) is 17.1. The minimum Gasteiger partial charge on any atom is -0.333 e. The number of nitrogens with zero attached hydrogens (tertiary/aromatic N) is 1. The lowest BCUT2D eigenvalue weighted by Crippen LogP contribution is -2.35. The summed E-state index contributed by atoms with van der Waals surface area (Å²) in [7, 11) is -3.77. The van der Waals surface area contributed by atoms with E-state index in [1.807, 2.05) is 17.5 Å². The molecule has 150 valence electrons. The summed E-state index contributed by atoms with van der Waals surface area (Å²) in [6.45, 7) is 1.05. The molecule has 1 aliphatic heterocycles. The molecule has 1 aliphatic rings. The molecule has 0 bridgehead atoms. The van der Waals surface area contributed by atoms with Crippen molar-refractivity contribution in [3.63, 3.8) is 0 Å².